The van der Waals surface area contributed by atoms with Crippen molar-refractivity contribution in [1.82, 2.24) is 0 Å². The van der Waals surface area contributed by atoms with Gasteiger partial charge in [0, 0.05) is 0 Å². The Kier molecular flexibility index (Phi) is 9.12. The van der Waals surface area contributed by atoms with Gasteiger partial charge < -0.3 is 4.74 Å². The molecule has 0 amide bonds. The van der Waals surface area contributed by atoms with Crippen LogP contribution in [-0.4, -0.2) is 6.36 Å². The van der Waals surface area contributed by atoms with Gasteiger partial charge in [-0.2, -0.15) is 0 Å². The van der Waals surface area contributed by atoms with E-state index in [9.17, 15) is 17.6 Å². The summed E-state index contributed by atoms with van der Waals surface area (Å²) in [7, 11) is 0. The maximum absolute atomic E-state index is 15.1. The van der Waals surface area contributed by atoms with Crippen LogP contribution >= 0.6 is 0 Å². The second kappa shape index (κ2) is 12.1. The smallest absolute Gasteiger partial charge is 0.403 e. The highest BCUT2D eigenvalue weighted by Gasteiger charge is 2.36. The molecule has 2 saturated carbocycles. The van der Waals surface area contributed by atoms with Crippen LogP contribution in [0.2, 0.25) is 0 Å². The lowest BCUT2D eigenvalue weighted by Crippen LogP contribution is -2.30. The number of hydrogen-bond acceptors (Lipinski definition) is 1. The third-order valence-corrected chi connectivity index (χ3v) is 8.42. The molecule has 0 N–H and O–H groups in total. The van der Waals surface area contributed by atoms with Gasteiger partial charge in [0.2, 0.25) is 0 Å². The maximum Gasteiger partial charge on any atom is 0.573 e. The summed E-state index contributed by atoms with van der Waals surface area (Å²) in [4.78, 5) is 0. The molecule has 7 heteroatoms. The van der Waals surface area contributed by atoms with E-state index in [0.29, 0.717) is 23.5 Å². The van der Waals surface area contributed by atoms with E-state index >= 15 is 8.78 Å². The summed E-state index contributed by atoms with van der Waals surface area (Å²) in [5.74, 6) is -1.91. The van der Waals surface area contributed by atoms with Gasteiger partial charge in [0.25, 0.3) is 0 Å². The monoisotopic (exact) mass is 526 g/mol. The normalized spacial score (nSPS) is 24.1. The van der Waals surface area contributed by atoms with E-state index < -0.39 is 35.1 Å². The van der Waals surface area contributed by atoms with E-state index in [1.807, 2.05) is 0 Å². The van der Waals surface area contributed by atoms with Crippen molar-refractivity contribution in [1.29, 1.82) is 0 Å². The van der Waals surface area contributed by atoms with Crippen molar-refractivity contribution >= 4 is 0 Å². The molecule has 0 spiro atoms. The number of rotatable bonds is 9. The lowest BCUT2D eigenvalue weighted by atomic mass is 9.63. The third kappa shape index (κ3) is 7.23. The van der Waals surface area contributed by atoms with Gasteiger partial charge in [-0.1, -0.05) is 57.9 Å². The summed E-state index contributed by atoms with van der Waals surface area (Å²) in [6.07, 6.45) is 9.37. The maximum atomic E-state index is 15.1. The van der Waals surface area contributed by atoms with Crippen molar-refractivity contribution in [3.8, 4) is 16.9 Å². The molecule has 204 valence electrons. The summed E-state index contributed by atoms with van der Waals surface area (Å²) in [6, 6.07) is 5.04. The summed E-state index contributed by atoms with van der Waals surface area (Å²) >= 11 is 0. The van der Waals surface area contributed by atoms with Crippen LogP contribution in [0.1, 0.15) is 95.5 Å². The van der Waals surface area contributed by atoms with Crippen molar-refractivity contribution in [2.45, 2.75) is 96.3 Å². The van der Waals surface area contributed by atoms with Crippen LogP contribution in [0.15, 0.2) is 30.3 Å². The van der Waals surface area contributed by atoms with Gasteiger partial charge in [0.05, 0.1) is 5.56 Å². The van der Waals surface area contributed by atoms with E-state index in [1.54, 1.807) is 0 Å². The lowest BCUT2D eigenvalue weighted by molar-refractivity contribution is -0.275. The second-order valence-corrected chi connectivity index (χ2v) is 11.0. The molecule has 37 heavy (non-hydrogen) atoms. The van der Waals surface area contributed by atoms with Gasteiger partial charge in [-0.15, -0.1) is 13.2 Å². The topological polar surface area (TPSA) is 9.23 Å². The Morgan fingerprint density at radius 1 is 0.784 bits per heavy atom. The first-order valence-corrected chi connectivity index (χ1v) is 13.7. The summed E-state index contributed by atoms with van der Waals surface area (Å²) in [5.41, 5.74) is -0.0209. The standard InChI is InChI=1S/C30H36F6O/c1-2-3-4-5-6-7-19-8-9-21-15-22(11-10-20(21)14-19)24-17-26(32)29(27(33)18-24)23-12-13-28(25(31)16-23)37-30(34,35)36/h12-13,16-22H,2-11,14-15H2,1H3. The van der Waals surface area contributed by atoms with Crippen LogP contribution in [0.3, 0.4) is 0 Å². The van der Waals surface area contributed by atoms with Crippen molar-refractivity contribution < 1.29 is 31.1 Å². The van der Waals surface area contributed by atoms with E-state index in [-0.39, 0.29) is 11.5 Å². The Bertz CT molecular complexity index is 1030. The van der Waals surface area contributed by atoms with Gasteiger partial charge in [0.15, 0.2) is 11.6 Å². The van der Waals surface area contributed by atoms with E-state index in [0.717, 1.165) is 37.3 Å². The molecule has 0 aromatic heterocycles. The molecule has 2 aromatic carbocycles. The second-order valence-electron chi connectivity index (χ2n) is 11.0. The van der Waals surface area contributed by atoms with E-state index in [2.05, 4.69) is 11.7 Å². The predicted molar refractivity (Wildman–Crippen MR) is 133 cm³/mol. The van der Waals surface area contributed by atoms with Gasteiger partial charge in [0.1, 0.15) is 11.6 Å². The molecular formula is C30H36F6O. The van der Waals surface area contributed by atoms with Crippen LogP contribution in [0.5, 0.6) is 5.75 Å². The molecule has 2 fully saturated rings. The minimum Gasteiger partial charge on any atom is -0.403 e. The number of fused-ring (bicyclic) bond motifs is 1. The molecule has 4 atom stereocenters. The van der Waals surface area contributed by atoms with Crippen LogP contribution in [-0.2, 0) is 0 Å². The van der Waals surface area contributed by atoms with Crippen LogP contribution in [0.25, 0.3) is 11.1 Å². The number of unbranched alkanes of at least 4 members (excludes halogenated alkanes) is 4. The van der Waals surface area contributed by atoms with Crippen molar-refractivity contribution in [2.75, 3.05) is 0 Å². The highest BCUT2D eigenvalue weighted by Crippen LogP contribution is 2.49. The molecule has 0 heterocycles. The van der Waals surface area contributed by atoms with Crippen molar-refractivity contribution in [3.63, 3.8) is 0 Å². The Morgan fingerprint density at radius 3 is 2.14 bits per heavy atom. The number of benzene rings is 2. The predicted octanol–water partition coefficient (Wildman–Crippen LogP) is 10.3. The number of alkyl halides is 3. The molecule has 1 nitrogen and oxygen atoms in total. The third-order valence-electron chi connectivity index (χ3n) is 8.42. The average molecular weight is 527 g/mol. The minimum atomic E-state index is -5.06. The molecule has 0 radical (unpaired) electrons. The fraction of sp³-hybridized carbons (Fsp3) is 0.600. The zero-order valence-corrected chi connectivity index (χ0v) is 21.4. The Balaban J connectivity index is 1.39. The van der Waals surface area contributed by atoms with E-state index in [1.165, 1.54) is 69.9 Å². The zero-order chi connectivity index (χ0) is 26.6. The number of halogens is 6. The summed E-state index contributed by atoms with van der Waals surface area (Å²) < 4.78 is 85.0. The molecule has 2 aliphatic rings. The lowest BCUT2D eigenvalue weighted by Gasteiger charge is -2.42. The molecule has 4 rings (SSSR count). The molecule has 0 aliphatic heterocycles. The SMILES string of the molecule is CCCCCCCC1CCC2CC(c3cc(F)c(-c4ccc(OC(F)(F)F)c(F)c4)c(F)c3)CCC2C1. The molecule has 2 aliphatic carbocycles. The largest absolute Gasteiger partial charge is 0.573 e. The number of ether oxygens (including phenoxy) is 1. The highest BCUT2D eigenvalue weighted by molar-refractivity contribution is 5.66. The fourth-order valence-corrected chi connectivity index (χ4v) is 6.56. The minimum absolute atomic E-state index is 0.0733. The Hall–Kier alpha value is -2.18. The van der Waals surface area contributed by atoms with Crippen molar-refractivity contribution in [3.05, 3.63) is 53.3 Å². The zero-order valence-electron chi connectivity index (χ0n) is 21.4. The van der Waals surface area contributed by atoms with E-state index in [4.69, 9.17) is 0 Å². The first-order valence-electron chi connectivity index (χ1n) is 13.7. The van der Waals surface area contributed by atoms with Crippen molar-refractivity contribution in [2.24, 2.45) is 17.8 Å². The fourth-order valence-electron chi connectivity index (χ4n) is 6.56. The molecular weight excluding hydrogens is 490 g/mol. The molecule has 0 bridgehead atoms. The van der Waals surface area contributed by atoms with Crippen LogP contribution in [0, 0.1) is 35.2 Å². The number of hydrogen-bond donors (Lipinski definition) is 0. The first-order chi connectivity index (χ1) is 17.6. The van der Waals surface area contributed by atoms with Gasteiger partial charge >= 0.3 is 6.36 Å². The van der Waals surface area contributed by atoms with Gasteiger partial charge in [-0.05, 0) is 91.2 Å². The summed E-state index contributed by atoms with van der Waals surface area (Å²) in [5, 5.41) is 0. The molecule has 4 unspecified atom stereocenters. The van der Waals surface area contributed by atoms with Gasteiger partial charge in [-0.3, -0.25) is 0 Å². The molecule has 2 aromatic rings. The van der Waals surface area contributed by atoms with Crippen LogP contribution in [0.4, 0.5) is 26.3 Å². The van der Waals surface area contributed by atoms with Crippen LogP contribution < -0.4 is 4.74 Å². The highest BCUT2D eigenvalue weighted by atomic mass is 19.4. The quantitative estimate of drug-likeness (QED) is 0.233. The first kappa shape index (κ1) is 27.8. The summed E-state index contributed by atoms with van der Waals surface area (Å²) in [6.45, 7) is 2.23. The average Bonchev–Trinajstić information content (AvgIpc) is 2.84. The molecule has 0 saturated heterocycles. The Morgan fingerprint density at radius 2 is 1.46 bits per heavy atom. The van der Waals surface area contributed by atoms with Gasteiger partial charge in [-0.25, -0.2) is 13.2 Å². The Labute approximate surface area is 215 Å².